The zero-order chi connectivity index (χ0) is 13.5. The van der Waals surface area contributed by atoms with Crippen LogP contribution in [-0.4, -0.2) is 16.5 Å². The van der Waals surface area contributed by atoms with Gasteiger partial charge in [-0.15, -0.1) is 0 Å². The van der Waals surface area contributed by atoms with Crippen molar-refractivity contribution in [1.29, 1.82) is 0 Å². The van der Waals surface area contributed by atoms with Crippen molar-refractivity contribution in [2.75, 3.05) is 6.54 Å². The summed E-state index contributed by atoms with van der Waals surface area (Å²) in [5, 5.41) is 3.36. The van der Waals surface area contributed by atoms with Crippen molar-refractivity contribution in [3.05, 3.63) is 47.9 Å². The lowest BCUT2D eigenvalue weighted by Gasteiger charge is -2.08. The summed E-state index contributed by atoms with van der Waals surface area (Å²) >= 11 is 0. The maximum absolute atomic E-state index is 5.75. The average molecular weight is 257 g/mol. The second-order valence-corrected chi connectivity index (χ2v) is 4.37. The number of pyridine rings is 2. The van der Waals surface area contributed by atoms with E-state index < -0.39 is 0 Å². The SMILES string of the molecule is CCCNCc1ccnc(Oc2cccnc2C)c1. The molecule has 1 N–H and O–H groups in total. The Bertz CT molecular complexity index is 528. The molecule has 2 rings (SSSR count). The molecule has 0 fully saturated rings. The zero-order valence-corrected chi connectivity index (χ0v) is 11.4. The van der Waals surface area contributed by atoms with Crippen LogP contribution >= 0.6 is 0 Å². The standard InChI is InChI=1S/C15H19N3O/c1-3-7-16-11-13-6-9-18-15(10-13)19-14-5-4-8-17-12(14)2/h4-6,8-10,16H,3,7,11H2,1-2H3. The van der Waals surface area contributed by atoms with Gasteiger partial charge in [0.05, 0.1) is 5.69 Å². The minimum absolute atomic E-state index is 0.604. The minimum atomic E-state index is 0.604. The lowest BCUT2D eigenvalue weighted by Crippen LogP contribution is -2.13. The largest absolute Gasteiger partial charge is 0.437 e. The van der Waals surface area contributed by atoms with Gasteiger partial charge in [-0.25, -0.2) is 4.98 Å². The van der Waals surface area contributed by atoms with Crippen molar-refractivity contribution in [2.45, 2.75) is 26.8 Å². The van der Waals surface area contributed by atoms with Crippen molar-refractivity contribution >= 4 is 0 Å². The zero-order valence-electron chi connectivity index (χ0n) is 11.4. The molecule has 0 atom stereocenters. The number of aromatic nitrogens is 2. The molecule has 0 amide bonds. The second-order valence-electron chi connectivity index (χ2n) is 4.37. The molecule has 2 aromatic heterocycles. The van der Waals surface area contributed by atoms with Crippen LogP contribution in [-0.2, 0) is 6.54 Å². The van der Waals surface area contributed by atoms with E-state index in [-0.39, 0.29) is 0 Å². The van der Waals surface area contributed by atoms with E-state index in [1.54, 1.807) is 12.4 Å². The molecule has 4 heteroatoms. The van der Waals surface area contributed by atoms with Gasteiger partial charge in [0.25, 0.3) is 0 Å². The van der Waals surface area contributed by atoms with Gasteiger partial charge in [-0.2, -0.15) is 0 Å². The Hall–Kier alpha value is -1.94. The maximum atomic E-state index is 5.75. The number of ether oxygens (including phenoxy) is 1. The molecule has 0 spiro atoms. The van der Waals surface area contributed by atoms with E-state index in [0.717, 1.165) is 31.0 Å². The summed E-state index contributed by atoms with van der Waals surface area (Å²) in [5.41, 5.74) is 2.03. The molecule has 0 aliphatic rings. The summed E-state index contributed by atoms with van der Waals surface area (Å²) < 4.78 is 5.75. The van der Waals surface area contributed by atoms with E-state index in [4.69, 9.17) is 4.74 Å². The van der Waals surface area contributed by atoms with E-state index in [1.807, 2.05) is 31.2 Å². The molecule has 2 aromatic rings. The van der Waals surface area contributed by atoms with Gasteiger partial charge in [-0.3, -0.25) is 4.98 Å². The molecular formula is C15H19N3O. The molecule has 2 heterocycles. The minimum Gasteiger partial charge on any atom is -0.437 e. The highest BCUT2D eigenvalue weighted by Gasteiger charge is 2.03. The van der Waals surface area contributed by atoms with Gasteiger partial charge in [-0.1, -0.05) is 6.92 Å². The third-order valence-electron chi connectivity index (χ3n) is 2.73. The van der Waals surface area contributed by atoms with Gasteiger partial charge < -0.3 is 10.1 Å². The third kappa shape index (κ3) is 4.03. The fourth-order valence-corrected chi connectivity index (χ4v) is 1.72. The van der Waals surface area contributed by atoms with Crippen LogP contribution in [0.3, 0.4) is 0 Å². The van der Waals surface area contributed by atoms with Gasteiger partial charge >= 0.3 is 0 Å². The Kier molecular flexibility index (Phi) is 4.86. The molecule has 0 radical (unpaired) electrons. The number of nitrogens with one attached hydrogen (secondary N) is 1. The van der Waals surface area contributed by atoms with Crippen molar-refractivity contribution in [1.82, 2.24) is 15.3 Å². The summed E-state index contributed by atoms with van der Waals surface area (Å²) in [4.78, 5) is 8.42. The average Bonchev–Trinajstić information content (AvgIpc) is 2.42. The first-order chi connectivity index (χ1) is 9.29. The van der Waals surface area contributed by atoms with Crippen molar-refractivity contribution in [2.24, 2.45) is 0 Å². The number of hydrogen-bond donors (Lipinski definition) is 1. The number of rotatable bonds is 6. The Morgan fingerprint density at radius 1 is 1.21 bits per heavy atom. The Balaban J connectivity index is 2.05. The van der Waals surface area contributed by atoms with Crippen LogP contribution in [0.15, 0.2) is 36.7 Å². The fourth-order valence-electron chi connectivity index (χ4n) is 1.72. The molecule has 4 nitrogen and oxygen atoms in total. The van der Waals surface area contributed by atoms with Gasteiger partial charge in [0.15, 0.2) is 5.75 Å². The van der Waals surface area contributed by atoms with E-state index >= 15 is 0 Å². The maximum Gasteiger partial charge on any atom is 0.219 e. The lowest BCUT2D eigenvalue weighted by molar-refractivity contribution is 0.455. The number of hydrogen-bond acceptors (Lipinski definition) is 4. The Labute approximate surface area is 113 Å². The molecule has 19 heavy (non-hydrogen) atoms. The predicted molar refractivity (Wildman–Crippen MR) is 75.3 cm³/mol. The van der Waals surface area contributed by atoms with Crippen LogP contribution < -0.4 is 10.1 Å². The van der Waals surface area contributed by atoms with E-state index in [2.05, 4.69) is 22.2 Å². The Morgan fingerprint density at radius 3 is 2.89 bits per heavy atom. The van der Waals surface area contributed by atoms with Crippen LogP contribution in [0, 0.1) is 6.92 Å². The molecule has 0 saturated carbocycles. The number of aryl methyl sites for hydroxylation is 1. The second kappa shape index (κ2) is 6.85. The molecule has 0 aliphatic heterocycles. The number of nitrogens with zero attached hydrogens (tertiary/aromatic N) is 2. The van der Waals surface area contributed by atoms with E-state index in [1.165, 1.54) is 5.56 Å². The van der Waals surface area contributed by atoms with Gasteiger partial charge in [0.1, 0.15) is 0 Å². The quantitative estimate of drug-likeness (QED) is 0.808. The molecule has 0 aromatic carbocycles. The summed E-state index contributed by atoms with van der Waals surface area (Å²) in [6, 6.07) is 7.70. The third-order valence-corrected chi connectivity index (χ3v) is 2.73. The monoisotopic (exact) mass is 257 g/mol. The van der Waals surface area contributed by atoms with Gasteiger partial charge in [0, 0.05) is 25.0 Å². The Morgan fingerprint density at radius 2 is 2.11 bits per heavy atom. The van der Waals surface area contributed by atoms with Crippen molar-refractivity contribution in [3.63, 3.8) is 0 Å². The van der Waals surface area contributed by atoms with Crippen LogP contribution in [0.25, 0.3) is 0 Å². The topological polar surface area (TPSA) is 47.0 Å². The summed E-state index contributed by atoms with van der Waals surface area (Å²) in [5.74, 6) is 1.35. The molecule has 0 unspecified atom stereocenters. The molecule has 0 bridgehead atoms. The molecular weight excluding hydrogens is 238 g/mol. The molecule has 0 aliphatic carbocycles. The first-order valence-corrected chi connectivity index (χ1v) is 6.54. The van der Waals surface area contributed by atoms with Crippen LogP contribution in [0.5, 0.6) is 11.6 Å². The van der Waals surface area contributed by atoms with Gasteiger partial charge in [0.2, 0.25) is 5.88 Å². The first-order valence-electron chi connectivity index (χ1n) is 6.54. The molecule has 0 saturated heterocycles. The van der Waals surface area contributed by atoms with Crippen molar-refractivity contribution < 1.29 is 4.74 Å². The summed E-state index contributed by atoms with van der Waals surface area (Å²) in [7, 11) is 0. The predicted octanol–water partition coefficient (Wildman–Crippen LogP) is 3.08. The van der Waals surface area contributed by atoms with Crippen molar-refractivity contribution in [3.8, 4) is 11.6 Å². The normalized spacial score (nSPS) is 10.4. The first kappa shape index (κ1) is 13.5. The van der Waals surface area contributed by atoms with E-state index in [9.17, 15) is 0 Å². The highest BCUT2D eigenvalue weighted by Crippen LogP contribution is 2.21. The summed E-state index contributed by atoms with van der Waals surface area (Å²) in [6.07, 6.45) is 4.65. The van der Waals surface area contributed by atoms with E-state index in [0.29, 0.717) is 5.88 Å². The smallest absolute Gasteiger partial charge is 0.219 e. The van der Waals surface area contributed by atoms with Gasteiger partial charge in [-0.05, 0) is 43.7 Å². The highest BCUT2D eigenvalue weighted by atomic mass is 16.5. The lowest BCUT2D eigenvalue weighted by atomic mass is 10.2. The fraction of sp³-hybridized carbons (Fsp3) is 0.333. The summed E-state index contributed by atoms with van der Waals surface area (Å²) in [6.45, 7) is 5.92. The van der Waals surface area contributed by atoms with Crippen LogP contribution in [0.4, 0.5) is 0 Å². The highest BCUT2D eigenvalue weighted by molar-refractivity contribution is 5.31. The van der Waals surface area contributed by atoms with Crippen LogP contribution in [0.1, 0.15) is 24.6 Å². The van der Waals surface area contributed by atoms with Crippen LogP contribution in [0.2, 0.25) is 0 Å². The molecule has 100 valence electrons.